The van der Waals surface area contributed by atoms with Gasteiger partial charge in [0.25, 0.3) is 5.91 Å². The summed E-state index contributed by atoms with van der Waals surface area (Å²) in [6.45, 7) is 2.06. The van der Waals surface area contributed by atoms with Gasteiger partial charge in [0.05, 0.1) is 10.6 Å². The lowest BCUT2D eigenvalue weighted by atomic mass is 10.1. The van der Waals surface area contributed by atoms with Crippen LogP contribution in [0, 0.1) is 0 Å². The van der Waals surface area contributed by atoms with E-state index < -0.39 is 15.9 Å². The summed E-state index contributed by atoms with van der Waals surface area (Å²) >= 11 is 1.29. The zero-order valence-corrected chi connectivity index (χ0v) is 18.7. The number of sulfonamides is 1. The first-order valence-electron chi connectivity index (χ1n) is 10.3. The first kappa shape index (κ1) is 20.9. The van der Waals surface area contributed by atoms with Crippen LogP contribution in [0.15, 0.2) is 52.7 Å². The van der Waals surface area contributed by atoms with Gasteiger partial charge in [-0.2, -0.15) is 4.31 Å². The molecule has 32 heavy (non-hydrogen) atoms. The summed E-state index contributed by atoms with van der Waals surface area (Å²) in [4.78, 5) is 17.4. The number of amides is 1. The highest BCUT2D eigenvalue weighted by Crippen LogP contribution is 2.35. The van der Waals surface area contributed by atoms with Crippen molar-refractivity contribution in [1.29, 1.82) is 0 Å². The molecule has 0 atom stereocenters. The van der Waals surface area contributed by atoms with Crippen LogP contribution in [0.5, 0.6) is 11.5 Å². The molecule has 0 aliphatic carbocycles. The zero-order valence-electron chi connectivity index (χ0n) is 17.1. The summed E-state index contributed by atoms with van der Waals surface area (Å²) in [6.07, 6.45) is 1.71. The molecule has 2 aliphatic rings. The molecule has 0 saturated carbocycles. The SMILES string of the molecule is O=C(Nc1nc(-c2ccc3c(c2)OCCO3)cs1)c1cccc(S(=O)(=O)N2CCCC2)c1. The molecule has 0 spiro atoms. The van der Waals surface area contributed by atoms with Crippen molar-refractivity contribution in [2.45, 2.75) is 17.7 Å². The number of nitrogens with one attached hydrogen (secondary N) is 1. The Morgan fingerprint density at radius 2 is 1.81 bits per heavy atom. The van der Waals surface area contributed by atoms with Crippen LogP contribution in [-0.4, -0.2) is 49.9 Å². The summed E-state index contributed by atoms with van der Waals surface area (Å²) in [5.74, 6) is 0.961. The van der Waals surface area contributed by atoms with Crippen molar-refractivity contribution >= 4 is 32.4 Å². The standard InChI is InChI=1S/C22H21N3O5S2/c26-21(16-4-3-5-17(12-16)32(27,28)25-8-1-2-9-25)24-22-23-18(14-31-22)15-6-7-19-20(13-15)30-11-10-29-19/h3-7,12-14H,1-2,8-11H2,(H,23,24,26). The van der Waals surface area contributed by atoms with Gasteiger partial charge in [0.1, 0.15) is 13.2 Å². The van der Waals surface area contributed by atoms with Crippen LogP contribution in [0.4, 0.5) is 5.13 Å². The van der Waals surface area contributed by atoms with Gasteiger partial charge < -0.3 is 9.47 Å². The van der Waals surface area contributed by atoms with Gasteiger partial charge in [-0.05, 0) is 49.2 Å². The second-order valence-electron chi connectivity index (χ2n) is 7.49. The van der Waals surface area contributed by atoms with E-state index in [9.17, 15) is 13.2 Å². The molecule has 0 radical (unpaired) electrons. The summed E-state index contributed by atoms with van der Waals surface area (Å²) in [5.41, 5.74) is 1.82. The second kappa shape index (κ2) is 8.53. The number of thiazole rings is 1. The maximum Gasteiger partial charge on any atom is 0.257 e. The monoisotopic (exact) mass is 471 g/mol. The third kappa shape index (κ3) is 4.08. The minimum atomic E-state index is -3.59. The average molecular weight is 472 g/mol. The molecule has 2 aromatic carbocycles. The lowest BCUT2D eigenvalue weighted by molar-refractivity contribution is 0.102. The normalized spacial score (nSPS) is 16.1. The Morgan fingerprint density at radius 3 is 2.62 bits per heavy atom. The van der Waals surface area contributed by atoms with Gasteiger partial charge in [-0.15, -0.1) is 11.3 Å². The molecule has 1 aromatic heterocycles. The summed E-state index contributed by atoms with van der Waals surface area (Å²) < 4.78 is 38.2. The van der Waals surface area contributed by atoms with Crippen molar-refractivity contribution < 1.29 is 22.7 Å². The van der Waals surface area contributed by atoms with Crippen molar-refractivity contribution in [1.82, 2.24) is 9.29 Å². The van der Waals surface area contributed by atoms with Crippen molar-refractivity contribution in [3.05, 3.63) is 53.4 Å². The number of hydrogen-bond donors (Lipinski definition) is 1. The molecule has 1 saturated heterocycles. The number of rotatable bonds is 5. The number of anilines is 1. The minimum absolute atomic E-state index is 0.128. The van der Waals surface area contributed by atoms with Crippen LogP contribution < -0.4 is 14.8 Å². The van der Waals surface area contributed by atoms with Gasteiger partial charge in [0.15, 0.2) is 16.6 Å². The zero-order chi connectivity index (χ0) is 22.1. The van der Waals surface area contributed by atoms with Gasteiger partial charge in [-0.25, -0.2) is 13.4 Å². The molecule has 0 unspecified atom stereocenters. The van der Waals surface area contributed by atoms with E-state index in [0.29, 0.717) is 48.6 Å². The van der Waals surface area contributed by atoms with E-state index >= 15 is 0 Å². The van der Waals surface area contributed by atoms with Gasteiger partial charge in [0.2, 0.25) is 10.0 Å². The van der Waals surface area contributed by atoms with Crippen LogP contribution in [0.25, 0.3) is 11.3 Å². The number of carbonyl (C=O) groups is 1. The van der Waals surface area contributed by atoms with Crippen LogP contribution in [0.1, 0.15) is 23.2 Å². The number of ether oxygens (including phenoxy) is 2. The molecule has 0 bridgehead atoms. The smallest absolute Gasteiger partial charge is 0.257 e. The maximum absolute atomic E-state index is 12.8. The van der Waals surface area contributed by atoms with Crippen LogP contribution in [0.3, 0.4) is 0 Å². The van der Waals surface area contributed by atoms with E-state index in [1.165, 1.54) is 27.8 Å². The molecule has 8 nitrogen and oxygen atoms in total. The van der Waals surface area contributed by atoms with E-state index in [4.69, 9.17) is 9.47 Å². The largest absolute Gasteiger partial charge is 0.486 e. The Morgan fingerprint density at radius 1 is 1.03 bits per heavy atom. The lowest BCUT2D eigenvalue weighted by Gasteiger charge is -2.18. The molecule has 5 rings (SSSR count). The molecule has 1 N–H and O–H groups in total. The van der Waals surface area contributed by atoms with E-state index in [1.807, 2.05) is 23.6 Å². The number of benzene rings is 2. The third-order valence-electron chi connectivity index (χ3n) is 5.36. The van der Waals surface area contributed by atoms with E-state index in [0.717, 1.165) is 18.4 Å². The second-order valence-corrected chi connectivity index (χ2v) is 10.3. The molecular formula is C22H21N3O5S2. The fourth-order valence-electron chi connectivity index (χ4n) is 3.71. The maximum atomic E-state index is 12.8. The highest BCUT2D eigenvalue weighted by Gasteiger charge is 2.27. The fraction of sp³-hybridized carbons (Fsp3) is 0.273. The molecular weight excluding hydrogens is 450 g/mol. The Kier molecular flexibility index (Phi) is 5.58. The highest BCUT2D eigenvalue weighted by molar-refractivity contribution is 7.89. The predicted octanol–water partition coefficient (Wildman–Crippen LogP) is 3.62. The van der Waals surface area contributed by atoms with Crippen molar-refractivity contribution in [3.63, 3.8) is 0 Å². The Labute approximate surface area is 189 Å². The first-order chi connectivity index (χ1) is 15.5. The number of fused-ring (bicyclic) bond motifs is 1. The quantitative estimate of drug-likeness (QED) is 0.610. The summed E-state index contributed by atoms with van der Waals surface area (Å²) in [5, 5.41) is 5.03. The van der Waals surface area contributed by atoms with Crippen LogP contribution in [-0.2, 0) is 10.0 Å². The average Bonchev–Trinajstić information content (AvgIpc) is 3.52. The highest BCUT2D eigenvalue weighted by atomic mass is 32.2. The van der Waals surface area contributed by atoms with Gasteiger partial charge >= 0.3 is 0 Å². The number of aromatic nitrogens is 1. The molecule has 2 aliphatic heterocycles. The molecule has 1 amide bonds. The molecule has 10 heteroatoms. The summed E-state index contributed by atoms with van der Waals surface area (Å²) in [6, 6.07) is 11.7. The van der Waals surface area contributed by atoms with E-state index in [1.54, 1.807) is 12.1 Å². The minimum Gasteiger partial charge on any atom is -0.486 e. The Balaban J connectivity index is 1.32. The van der Waals surface area contributed by atoms with Gasteiger partial charge in [0, 0.05) is 29.6 Å². The van der Waals surface area contributed by atoms with E-state index in [-0.39, 0.29) is 10.5 Å². The Bertz CT molecular complexity index is 1270. The van der Waals surface area contributed by atoms with Crippen LogP contribution in [0.2, 0.25) is 0 Å². The van der Waals surface area contributed by atoms with Crippen molar-refractivity contribution in [3.8, 4) is 22.8 Å². The Hall–Kier alpha value is -2.95. The molecule has 3 heterocycles. The molecule has 166 valence electrons. The van der Waals surface area contributed by atoms with E-state index in [2.05, 4.69) is 10.3 Å². The third-order valence-corrected chi connectivity index (χ3v) is 8.01. The topological polar surface area (TPSA) is 97.8 Å². The van der Waals surface area contributed by atoms with Gasteiger partial charge in [-0.3, -0.25) is 10.1 Å². The number of nitrogens with zero attached hydrogens (tertiary/aromatic N) is 2. The lowest BCUT2D eigenvalue weighted by Crippen LogP contribution is -2.28. The number of carbonyl (C=O) groups excluding carboxylic acids is 1. The first-order valence-corrected chi connectivity index (χ1v) is 12.6. The van der Waals surface area contributed by atoms with Crippen molar-refractivity contribution in [2.75, 3.05) is 31.6 Å². The predicted molar refractivity (Wildman–Crippen MR) is 121 cm³/mol. The molecule has 3 aromatic rings. The summed E-state index contributed by atoms with van der Waals surface area (Å²) in [7, 11) is -3.59. The van der Waals surface area contributed by atoms with Gasteiger partial charge in [-0.1, -0.05) is 6.07 Å². The van der Waals surface area contributed by atoms with Crippen LogP contribution >= 0.6 is 11.3 Å². The molecule has 1 fully saturated rings. The number of hydrogen-bond acceptors (Lipinski definition) is 7. The fourth-order valence-corrected chi connectivity index (χ4v) is 5.99. The van der Waals surface area contributed by atoms with Crippen molar-refractivity contribution in [2.24, 2.45) is 0 Å².